The molecule has 5 heteroatoms. The number of carbonyl (C=O) groups excluding carboxylic acids is 1. The quantitative estimate of drug-likeness (QED) is 0.722. The molecule has 0 amide bonds. The van der Waals surface area contributed by atoms with Gasteiger partial charge in [0, 0.05) is 46.6 Å². The molecule has 0 N–H and O–H groups in total. The lowest BCUT2D eigenvalue weighted by Crippen LogP contribution is -2.41. The maximum atomic E-state index is 12.3. The van der Waals surface area contributed by atoms with Crippen molar-refractivity contribution < 1.29 is 4.79 Å². The van der Waals surface area contributed by atoms with Gasteiger partial charge >= 0.3 is 0 Å². The lowest BCUT2D eigenvalue weighted by Gasteiger charge is -2.34. The molecule has 0 saturated carbocycles. The maximum absolute atomic E-state index is 12.3. The van der Waals surface area contributed by atoms with Crippen molar-refractivity contribution in [2.45, 2.75) is 30.8 Å². The predicted octanol–water partition coefficient (Wildman–Crippen LogP) is 4.50. The predicted molar refractivity (Wildman–Crippen MR) is 91.1 cm³/mol. The first kappa shape index (κ1) is 16.3. The van der Waals surface area contributed by atoms with E-state index >= 15 is 0 Å². The first-order chi connectivity index (χ1) is 9.45. The summed E-state index contributed by atoms with van der Waals surface area (Å²) in [6.45, 7) is 7.45. The van der Waals surface area contributed by atoms with Gasteiger partial charge in [0.05, 0.1) is 5.02 Å². The zero-order chi connectivity index (χ0) is 14.7. The second-order valence-electron chi connectivity index (χ2n) is 5.31. The number of hydrogen-bond acceptors (Lipinski definition) is 3. The SMILES string of the molecule is CC1CN(CCC(=O)c2ccc(Br)cc2Cl)CC(C)S1. The molecule has 0 aliphatic carbocycles. The van der Waals surface area contributed by atoms with Crippen molar-refractivity contribution in [3.05, 3.63) is 33.3 Å². The molecule has 1 fully saturated rings. The number of benzene rings is 1. The van der Waals surface area contributed by atoms with Gasteiger partial charge in [-0.05, 0) is 18.2 Å². The fourth-order valence-electron chi connectivity index (χ4n) is 2.58. The van der Waals surface area contributed by atoms with Crippen LogP contribution in [0, 0.1) is 0 Å². The molecule has 1 aliphatic heterocycles. The summed E-state index contributed by atoms with van der Waals surface area (Å²) in [7, 11) is 0. The molecule has 0 bridgehead atoms. The van der Waals surface area contributed by atoms with Gasteiger partial charge in [0.1, 0.15) is 0 Å². The number of ketones is 1. The number of halogens is 2. The highest BCUT2D eigenvalue weighted by Crippen LogP contribution is 2.26. The van der Waals surface area contributed by atoms with Crippen LogP contribution in [0.5, 0.6) is 0 Å². The summed E-state index contributed by atoms with van der Waals surface area (Å²) in [5.41, 5.74) is 0.627. The molecule has 1 aromatic rings. The summed E-state index contributed by atoms with van der Waals surface area (Å²) in [6.07, 6.45) is 0.533. The highest BCUT2D eigenvalue weighted by atomic mass is 79.9. The number of hydrogen-bond donors (Lipinski definition) is 0. The van der Waals surface area contributed by atoms with Gasteiger partial charge in [0.15, 0.2) is 5.78 Å². The van der Waals surface area contributed by atoms with Gasteiger partial charge < -0.3 is 4.90 Å². The van der Waals surface area contributed by atoms with E-state index in [1.807, 2.05) is 17.8 Å². The maximum Gasteiger partial charge on any atom is 0.165 e. The van der Waals surface area contributed by atoms with E-state index in [9.17, 15) is 4.79 Å². The smallest absolute Gasteiger partial charge is 0.165 e. The van der Waals surface area contributed by atoms with Crippen molar-refractivity contribution in [2.24, 2.45) is 0 Å². The largest absolute Gasteiger partial charge is 0.301 e. The third kappa shape index (κ3) is 4.48. The zero-order valence-electron chi connectivity index (χ0n) is 11.7. The normalized spacial score (nSPS) is 23.8. The van der Waals surface area contributed by atoms with Crippen LogP contribution in [0.2, 0.25) is 5.02 Å². The summed E-state index contributed by atoms with van der Waals surface area (Å²) in [5.74, 6) is 0.126. The van der Waals surface area contributed by atoms with Gasteiger partial charge in [-0.15, -0.1) is 0 Å². The Bertz CT molecular complexity index is 487. The number of rotatable bonds is 4. The number of carbonyl (C=O) groups is 1. The topological polar surface area (TPSA) is 20.3 Å². The fourth-order valence-corrected chi connectivity index (χ4v) is 4.74. The molecule has 1 saturated heterocycles. The van der Waals surface area contributed by atoms with Crippen LogP contribution >= 0.6 is 39.3 Å². The molecule has 2 unspecified atom stereocenters. The number of Topliss-reactive ketones (excluding diaryl/α,β-unsaturated/α-hetero) is 1. The van der Waals surface area contributed by atoms with Crippen LogP contribution in [-0.2, 0) is 0 Å². The molecule has 2 nitrogen and oxygen atoms in total. The Hall–Kier alpha value is -0.0300. The molecule has 1 aliphatic rings. The van der Waals surface area contributed by atoms with Crippen LogP contribution < -0.4 is 0 Å². The van der Waals surface area contributed by atoms with Crippen LogP contribution in [0.15, 0.2) is 22.7 Å². The Balaban J connectivity index is 1.91. The molecule has 110 valence electrons. The van der Waals surface area contributed by atoms with Gasteiger partial charge in [-0.25, -0.2) is 0 Å². The van der Waals surface area contributed by atoms with Gasteiger partial charge in [0.25, 0.3) is 0 Å². The van der Waals surface area contributed by atoms with E-state index < -0.39 is 0 Å². The molecule has 1 heterocycles. The van der Waals surface area contributed by atoms with Crippen LogP contribution in [0.25, 0.3) is 0 Å². The fraction of sp³-hybridized carbons (Fsp3) is 0.533. The third-order valence-corrected chi connectivity index (χ3v) is 5.42. The second kappa shape index (κ2) is 7.30. The molecule has 0 aromatic heterocycles. The Morgan fingerprint density at radius 3 is 2.65 bits per heavy atom. The van der Waals surface area contributed by atoms with Crippen molar-refractivity contribution in [1.82, 2.24) is 4.90 Å². The summed E-state index contributed by atoms with van der Waals surface area (Å²) >= 11 is 11.5. The minimum atomic E-state index is 0.126. The Morgan fingerprint density at radius 2 is 2.05 bits per heavy atom. The van der Waals surface area contributed by atoms with Gasteiger partial charge in [0.2, 0.25) is 0 Å². The monoisotopic (exact) mass is 375 g/mol. The summed E-state index contributed by atoms with van der Waals surface area (Å²) < 4.78 is 0.898. The van der Waals surface area contributed by atoms with Crippen molar-refractivity contribution in [3.63, 3.8) is 0 Å². The summed E-state index contributed by atoms with van der Waals surface area (Å²) in [6, 6.07) is 5.43. The van der Waals surface area contributed by atoms with E-state index in [1.165, 1.54) is 0 Å². The van der Waals surface area contributed by atoms with Crippen LogP contribution in [-0.4, -0.2) is 40.8 Å². The highest BCUT2D eigenvalue weighted by molar-refractivity contribution is 9.10. The molecular weight excluding hydrogens is 358 g/mol. The number of thioether (sulfide) groups is 1. The first-order valence-corrected chi connectivity index (χ1v) is 8.93. The van der Waals surface area contributed by atoms with E-state index in [2.05, 4.69) is 34.7 Å². The third-order valence-electron chi connectivity index (χ3n) is 3.38. The molecule has 0 spiro atoms. The minimum Gasteiger partial charge on any atom is -0.301 e. The molecule has 2 atom stereocenters. The molecule has 2 rings (SSSR count). The van der Waals surface area contributed by atoms with E-state index in [0.717, 1.165) is 24.1 Å². The standard InChI is InChI=1S/C15H19BrClNOS/c1-10-8-18(9-11(2)20-10)6-5-15(19)13-4-3-12(16)7-14(13)17/h3-4,7,10-11H,5-6,8-9H2,1-2H3. The van der Waals surface area contributed by atoms with Crippen molar-refractivity contribution in [3.8, 4) is 0 Å². The average molecular weight is 377 g/mol. The Morgan fingerprint density at radius 1 is 1.40 bits per heavy atom. The number of nitrogens with zero attached hydrogens (tertiary/aromatic N) is 1. The van der Waals surface area contributed by atoms with E-state index in [4.69, 9.17) is 11.6 Å². The van der Waals surface area contributed by atoms with Gasteiger partial charge in [-0.3, -0.25) is 4.79 Å². The average Bonchev–Trinajstić information content (AvgIpc) is 2.35. The van der Waals surface area contributed by atoms with Gasteiger partial charge in [-0.2, -0.15) is 11.8 Å². The van der Waals surface area contributed by atoms with Crippen molar-refractivity contribution in [2.75, 3.05) is 19.6 Å². The van der Waals surface area contributed by atoms with E-state index in [1.54, 1.807) is 12.1 Å². The van der Waals surface area contributed by atoms with Crippen LogP contribution in [0.4, 0.5) is 0 Å². The van der Waals surface area contributed by atoms with Crippen molar-refractivity contribution >= 4 is 45.1 Å². The zero-order valence-corrected chi connectivity index (χ0v) is 14.9. The molecule has 0 radical (unpaired) electrons. The molecule has 20 heavy (non-hydrogen) atoms. The summed E-state index contributed by atoms with van der Waals surface area (Å²) in [4.78, 5) is 14.6. The van der Waals surface area contributed by atoms with E-state index in [0.29, 0.717) is 27.5 Å². The minimum absolute atomic E-state index is 0.126. The van der Waals surface area contributed by atoms with Crippen molar-refractivity contribution in [1.29, 1.82) is 0 Å². The molecular formula is C15H19BrClNOS. The molecule has 1 aromatic carbocycles. The second-order valence-corrected chi connectivity index (χ2v) is 8.52. The van der Waals surface area contributed by atoms with Crippen LogP contribution in [0.3, 0.4) is 0 Å². The first-order valence-electron chi connectivity index (χ1n) is 6.81. The Kier molecular flexibility index (Phi) is 5.96. The Labute approximate surface area is 138 Å². The van der Waals surface area contributed by atoms with Gasteiger partial charge in [-0.1, -0.05) is 41.4 Å². The highest BCUT2D eigenvalue weighted by Gasteiger charge is 2.22. The van der Waals surface area contributed by atoms with Crippen LogP contribution in [0.1, 0.15) is 30.6 Å². The lowest BCUT2D eigenvalue weighted by atomic mass is 10.1. The van der Waals surface area contributed by atoms with E-state index in [-0.39, 0.29) is 5.78 Å². The summed E-state index contributed by atoms with van der Waals surface area (Å²) in [5, 5.41) is 1.82. The lowest BCUT2D eigenvalue weighted by molar-refractivity contribution is 0.0963.